The van der Waals surface area contributed by atoms with Gasteiger partial charge in [0.25, 0.3) is 10.0 Å². The molecule has 2 aromatic rings. The number of anilines is 2. The SMILES string of the molecule is Nc1ncccc1S(=O)(=O)N1CCc2ccc(F)cc21. The molecule has 0 bridgehead atoms. The third-order valence-corrected chi connectivity index (χ3v) is 5.13. The smallest absolute Gasteiger partial charge is 0.268 e. The second-order valence-electron chi connectivity index (χ2n) is 4.49. The Labute approximate surface area is 115 Å². The lowest BCUT2D eigenvalue weighted by molar-refractivity contribution is 0.592. The summed E-state index contributed by atoms with van der Waals surface area (Å²) in [5.41, 5.74) is 6.81. The first-order valence-corrected chi connectivity index (χ1v) is 7.46. The fourth-order valence-electron chi connectivity index (χ4n) is 2.31. The van der Waals surface area contributed by atoms with Gasteiger partial charge in [-0.05, 0) is 36.2 Å². The fourth-order valence-corrected chi connectivity index (χ4v) is 3.88. The van der Waals surface area contributed by atoms with Crippen molar-refractivity contribution in [1.29, 1.82) is 0 Å². The summed E-state index contributed by atoms with van der Waals surface area (Å²) in [5.74, 6) is -0.526. The number of nitrogens with two attached hydrogens (primary N) is 1. The maximum atomic E-state index is 13.3. The van der Waals surface area contributed by atoms with E-state index >= 15 is 0 Å². The standard InChI is InChI=1S/C13H12FN3O2S/c14-10-4-3-9-5-7-17(11(9)8-10)20(18,19)12-2-1-6-16-13(12)15/h1-4,6,8H,5,7H2,(H2,15,16). The Morgan fingerprint density at radius 1 is 1.30 bits per heavy atom. The van der Waals surface area contributed by atoms with E-state index in [0.717, 1.165) is 5.56 Å². The summed E-state index contributed by atoms with van der Waals surface area (Å²) >= 11 is 0. The van der Waals surface area contributed by atoms with Crippen LogP contribution < -0.4 is 10.0 Å². The highest BCUT2D eigenvalue weighted by Gasteiger charge is 2.32. The van der Waals surface area contributed by atoms with Crippen LogP contribution in [0.2, 0.25) is 0 Å². The van der Waals surface area contributed by atoms with E-state index in [2.05, 4.69) is 4.98 Å². The Morgan fingerprint density at radius 3 is 2.85 bits per heavy atom. The summed E-state index contributed by atoms with van der Waals surface area (Å²) in [5, 5.41) is 0. The second kappa shape index (κ2) is 4.45. The molecule has 20 heavy (non-hydrogen) atoms. The molecule has 2 N–H and O–H groups in total. The van der Waals surface area contributed by atoms with Crippen LogP contribution in [0.15, 0.2) is 41.4 Å². The minimum Gasteiger partial charge on any atom is -0.383 e. The number of nitrogens with zero attached hydrogens (tertiary/aromatic N) is 2. The van der Waals surface area contributed by atoms with Gasteiger partial charge in [0.2, 0.25) is 0 Å². The van der Waals surface area contributed by atoms with Crippen LogP contribution in [-0.2, 0) is 16.4 Å². The zero-order chi connectivity index (χ0) is 14.3. The molecular weight excluding hydrogens is 281 g/mol. The normalized spacial score (nSPS) is 14.3. The van der Waals surface area contributed by atoms with Gasteiger partial charge in [0, 0.05) is 12.7 Å². The topological polar surface area (TPSA) is 76.3 Å². The highest BCUT2D eigenvalue weighted by atomic mass is 32.2. The highest BCUT2D eigenvalue weighted by molar-refractivity contribution is 7.93. The molecule has 2 heterocycles. The fraction of sp³-hybridized carbons (Fsp3) is 0.154. The third kappa shape index (κ3) is 1.90. The number of benzene rings is 1. The molecule has 104 valence electrons. The Bertz CT molecular complexity index is 777. The van der Waals surface area contributed by atoms with Gasteiger partial charge in [0.05, 0.1) is 5.69 Å². The largest absolute Gasteiger partial charge is 0.383 e. The van der Waals surface area contributed by atoms with Crippen molar-refractivity contribution < 1.29 is 12.8 Å². The van der Waals surface area contributed by atoms with Gasteiger partial charge in [-0.1, -0.05) is 6.07 Å². The van der Waals surface area contributed by atoms with Gasteiger partial charge in [-0.2, -0.15) is 0 Å². The Kier molecular flexibility index (Phi) is 2.86. The zero-order valence-corrected chi connectivity index (χ0v) is 11.3. The van der Waals surface area contributed by atoms with Crippen LogP contribution in [0.5, 0.6) is 0 Å². The van der Waals surface area contributed by atoms with Crippen LogP contribution >= 0.6 is 0 Å². The van der Waals surface area contributed by atoms with Crippen molar-refractivity contribution in [3.63, 3.8) is 0 Å². The molecule has 3 rings (SSSR count). The number of halogens is 1. The lowest BCUT2D eigenvalue weighted by atomic mass is 10.2. The van der Waals surface area contributed by atoms with Crippen molar-refractivity contribution in [1.82, 2.24) is 4.98 Å². The van der Waals surface area contributed by atoms with Gasteiger partial charge in [-0.3, -0.25) is 4.31 Å². The van der Waals surface area contributed by atoms with Crippen LogP contribution in [-0.4, -0.2) is 19.9 Å². The molecule has 0 saturated carbocycles. The number of pyridine rings is 1. The van der Waals surface area contributed by atoms with Crippen LogP contribution in [0.1, 0.15) is 5.56 Å². The van der Waals surface area contributed by atoms with Gasteiger partial charge in [0.15, 0.2) is 0 Å². The number of aromatic nitrogens is 1. The van der Waals surface area contributed by atoms with Crippen molar-refractivity contribution in [2.45, 2.75) is 11.3 Å². The van der Waals surface area contributed by atoms with E-state index in [1.165, 1.54) is 34.8 Å². The first kappa shape index (κ1) is 12.9. The van der Waals surface area contributed by atoms with Crippen LogP contribution in [0.25, 0.3) is 0 Å². The first-order chi connectivity index (χ1) is 9.50. The number of nitrogen functional groups attached to an aromatic ring is 1. The summed E-state index contributed by atoms with van der Waals surface area (Å²) in [4.78, 5) is 3.73. The van der Waals surface area contributed by atoms with E-state index in [0.29, 0.717) is 12.1 Å². The molecule has 7 heteroatoms. The van der Waals surface area contributed by atoms with E-state index in [-0.39, 0.29) is 17.3 Å². The molecule has 5 nitrogen and oxygen atoms in total. The van der Waals surface area contributed by atoms with Crippen molar-refractivity contribution >= 4 is 21.5 Å². The zero-order valence-electron chi connectivity index (χ0n) is 10.5. The lowest BCUT2D eigenvalue weighted by Crippen LogP contribution is -2.30. The Hall–Kier alpha value is -2.15. The predicted octanol–water partition coefficient (Wildman–Crippen LogP) is 1.55. The number of hydrogen-bond acceptors (Lipinski definition) is 4. The summed E-state index contributed by atoms with van der Waals surface area (Å²) in [6, 6.07) is 7.06. The molecule has 0 amide bonds. The van der Waals surface area contributed by atoms with E-state index in [4.69, 9.17) is 5.73 Å². The van der Waals surface area contributed by atoms with Crippen molar-refractivity contribution in [3.8, 4) is 0 Å². The number of hydrogen-bond donors (Lipinski definition) is 1. The van der Waals surface area contributed by atoms with Crippen LogP contribution in [0.3, 0.4) is 0 Å². The Balaban J connectivity index is 2.12. The van der Waals surface area contributed by atoms with Crippen molar-refractivity contribution in [2.24, 2.45) is 0 Å². The molecule has 1 aliphatic rings. The average Bonchev–Trinajstić information content (AvgIpc) is 2.82. The highest BCUT2D eigenvalue weighted by Crippen LogP contribution is 2.34. The minimum absolute atomic E-state index is 0.0580. The molecule has 1 aromatic heterocycles. The molecule has 0 spiro atoms. The van der Waals surface area contributed by atoms with E-state index < -0.39 is 15.8 Å². The van der Waals surface area contributed by atoms with E-state index in [1.54, 1.807) is 6.07 Å². The quantitative estimate of drug-likeness (QED) is 0.911. The molecule has 0 saturated heterocycles. The molecular formula is C13H12FN3O2S. The van der Waals surface area contributed by atoms with Crippen LogP contribution in [0, 0.1) is 5.82 Å². The number of fused-ring (bicyclic) bond motifs is 1. The second-order valence-corrected chi connectivity index (χ2v) is 6.32. The summed E-state index contributed by atoms with van der Waals surface area (Å²) < 4.78 is 39.8. The van der Waals surface area contributed by atoms with Crippen molar-refractivity contribution in [3.05, 3.63) is 47.9 Å². The third-order valence-electron chi connectivity index (χ3n) is 3.27. The maximum Gasteiger partial charge on any atom is 0.268 e. The van der Waals surface area contributed by atoms with Gasteiger partial charge in [-0.25, -0.2) is 17.8 Å². The molecule has 0 aliphatic carbocycles. The predicted molar refractivity (Wildman–Crippen MR) is 73.3 cm³/mol. The van der Waals surface area contributed by atoms with E-state index in [1.807, 2.05) is 0 Å². The average molecular weight is 293 g/mol. The molecule has 0 radical (unpaired) electrons. The minimum atomic E-state index is -3.82. The van der Waals surface area contributed by atoms with Gasteiger partial charge >= 0.3 is 0 Å². The molecule has 0 unspecified atom stereocenters. The molecule has 1 aliphatic heterocycles. The van der Waals surface area contributed by atoms with Gasteiger partial charge < -0.3 is 5.73 Å². The number of rotatable bonds is 2. The summed E-state index contributed by atoms with van der Waals surface area (Å²) in [6.45, 7) is 0.273. The van der Waals surface area contributed by atoms with Gasteiger partial charge in [0.1, 0.15) is 16.5 Å². The molecule has 0 atom stereocenters. The lowest BCUT2D eigenvalue weighted by Gasteiger charge is -2.20. The summed E-state index contributed by atoms with van der Waals surface area (Å²) in [7, 11) is -3.82. The van der Waals surface area contributed by atoms with Crippen molar-refractivity contribution in [2.75, 3.05) is 16.6 Å². The Morgan fingerprint density at radius 2 is 2.10 bits per heavy atom. The molecule has 1 aromatic carbocycles. The monoisotopic (exact) mass is 293 g/mol. The first-order valence-electron chi connectivity index (χ1n) is 6.02. The number of sulfonamides is 1. The van der Waals surface area contributed by atoms with E-state index in [9.17, 15) is 12.8 Å². The summed E-state index contributed by atoms with van der Waals surface area (Å²) in [6.07, 6.45) is 1.97. The van der Waals surface area contributed by atoms with Gasteiger partial charge in [-0.15, -0.1) is 0 Å². The molecule has 0 fully saturated rings. The van der Waals surface area contributed by atoms with Crippen LogP contribution in [0.4, 0.5) is 15.9 Å². The maximum absolute atomic E-state index is 13.3.